The number of phenolic OH excluding ortho intramolecular Hbond substituents is 1. The van der Waals surface area contributed by atoms with E-state index < -0.39 is 17.9 Å². The number of rotatable bonds is 7. The van der Waals surface area contributed by atoms with Gasteiger partial charge >= 0.3 is 5.97 Å². The molecular weight excluding hydrogens is 348 g/mol. The highest BCUT2D eigenvalue weighted by atomic mass is 16.5. The van der Waals surface area contributed by atoms with Gasteiger partial charge in [0.2, 0.25) is 5.91 Å². The highest BCUT2D eigenvalue weighted by Gasteiger charge is 2.21. The lowest BCUT2D eigenvalue weighted by Crippen LogP contribution is -2.44. The molecule has 0 fully saturated rings. The fourth-order valence-corrected chi connectivity index (χ4v) is 2.82. The van der Waals surface area contributed by atoms with E-state index in [1.807, 2.05) is 26.0 Å². The number of ether oxygens (including phenoxy) is 1. The smallest absolute Gasteiger partial charge is 0.326 e. The Balaban J connectivity index is 2.23. The lowest BCUT2D eigenvalue weighted by Gasteiger charge is -2.17. The molecule has 5 N–H and O–H groups in total. The molecule has 144 valence electrons. The Labute approximate surface area is 157 Å². The van der Waals surface area contributed by atoms with E-state index in [4.69, 9.17) is 10.5 Å². The molecule has 0 radical (unpaired) electrons. The number of benzene rings is 2. The molecule has 0 saturated carbocycles. The van der Waals surface area contributed by atoms with Gasteiger partial charge in [0.25, 0.3) is 0 Å². The number of phenols is 1. The van der Waals surface area contributed by atoms with E-state index in [-0.39, 0.29) is 18.7 Å². The van der Waals surface area contributed by atoms with Gasteiger partial charge in [0.1, 0.15) is 23.3 Å². The number of hydrogen-bond donors (Lipinski definition) is 4. The zero-order valence-electron chi connectivity index (χ0n) is 15.6. The van der Waals surface area contributed by atoms with E-state index >= 15 is 0 Å². The maximum absolute atomic E-state index is 11.4. The first-order valence-corrected chi connectivity index (χ1v) is 8.51. The average molecular weight is 372 g/mol. The summed E-state index contributed by atoms with van der Waals surface area (Å²) in [4.78, 5) is 22.8. The van der Waals surface area contributed by atoms with E-state index in [0.717, 1.165) is 16.7 Å². The maximum atomic E-state index is 11.4. The molecule has 0 heterocycles. The minimum Gasteiger partial charge on any atom is -0.508 e. The first-order valence-electron chi connectivity index (χ1n) is 8.51. The molecule has 1 unspecified atom stereocenters. The molecule has 7 nitrogen and oxygen atoms in total. The third-order valence-corrected chi connectivity index (χ3v) is 4.17. The van der Waals surface area contributed by atoms with Crippen molar-refractivity contribution in [1.82, 2.24) is 5.32 Å². The molecular formula is C20H24N2O5. The molecule has 7 heteroatoms. The third kappa shape index (κ3) is 5.21. The van der Waals surface area contributed by atoms with Crippen molar-refractivity contribution in [3.8, 4) is 17.2 Å². The summed E-state index contributed by atoms with van der Waals surface area (Å²) in [6, 6.07) is 7.61. The second-order valence-corrected chi connectivity index (χ2v) is 6.48. The fourth-order valence-electron chi connectivity index (χ4n) is 2.82. The van der Waals surface area contributed by atoms with Crippen LogP contribution in [0.4, 0.5) is 0 Å². The van der Waals surface area contributed by atoms with Crippen molar-refractivity contribution in [2.45, 2.75) is 33.2 Å². The molecule has 0 spiro atoms. The SMILES string of the molecule is Cc1cc(Oc2c(C)cc(CC(NC(=O)CN)C(=O)O)cc2C)ccc1O. The number of nitrogens with two attached hydrogens (primary N) is 1. The molecule has 0 aliphatic heterocycles. The number of nitrogens with one attached hydrogen (secondary N) is 1. The maximum Gasteiger partial charge on any atom is 0.326 e. The van der Waals surface area contributed by atoms with Gasteiger partial charge in [0, 0.05) is 6.42 Å². The molecule has 0 aliphatic rings. The van der Waals surface area contributed by atoms with Gasteiger partial charge in [0.05, 0.1) is 6.54 Å². The van der Waals surface area contributed by atoms with Crippen LogP contribution in [0.15, 0.2) is 30.3 Å². The summed E-state index contributed by atoms with van der Waals surface area (Å²) in [5, 5.41) is 21.3. The van der Waals surface area contributed by atoms with Crippen LogP contribution < -0.4 is 15.8 Å². The average Bonchev–Trinajstić information content (AvgIpc) is 2.60. The van der Waals surface area contributed by atoms with Crippen molar-refractivity contribution in [2.75, 3.05) is 6.54 Å². The monoisotopic (exact) mass is 372 g/mol. The van der Waals surface area contributed by atoms with Gasteiger partial charge in [-0.2, -0.15) is 0 Å². The quantitative estimate of drug-likeness (QED) is 0.591. The summed E-state index contributed by atoms with van der Waals surface area (Å²) in [6.07, 6.45) is 0.140. The number of carboxylic acid groups (broad SMARTS) is 1. The van der Waals surface area contributed by atoms with Crippen molar-refractivity contribution in [1.29, 1.82) is 0 Å². The predicted molar refractivity (Wildman–Crippen MR) is 101 cm³/mol. The zero-order chi connectivity index (χ0) is 20.1. The summed E-state index contributed by atoms with van der Waals surface area (Å²) in [6.45, 7) is 5.26. The van der Waals surface area contributed by atoms with Crippen LogP contribution in [-0.4, -0.2) is 34.7 Å². The number of carbonyl (C=O) groups excluding carboxylic acids is 1. The van der Waals surface area contributed by atoms with Gasteiger partial charge in [-0.3, -0.25) is 4.79 Å². The molecule has 2 aromatic rings. The number of amides is 1. The van der Waals surface area contributed by atoms with Crippen molar-refractivity contribution in [3.05, 3.63) is 52.6 Å². The molecule has 27 heavy (non-hydrogen) atoms. The largest absolute Gasteiger partial charge is 0.508 e. The highest BCUT2D eigenvalue weighted by Crippen LogP contribution is 2.32. The number of hydrogen-bond acceptors (Lipinski definition) is 5. The van der Waals surface area contributed by atoms with Crippen LogP contribution in [0.1, 0.15) is 22.3 Å². The Kier molecular flexibility index (Phi) is 6.41. The van der Waals surface area contributed by atoms with Crippen LogP contribution >= 0.6 is 0 Å². The van der Waals surface area contributed by atoms with Gasteiger partial charge in [0.15, 0.2) is 0 Å². The summed E-state index contributed by atoms with van der Waals surface area (Å²) in [5.74, 6) is -0.166. The summed E-state index contributed by atoms with van der Waals surface area (Å²) in [5.41, 5.74) is 8.39. The molecule has 2 aromatic carbocycles. The summed E-state index contributed by atoms with van der Waals surface area (Å²) < 4.78 is 5.95. The van der Waals surface area contributed by atoms with Gasteiger partial charge in [-0.25, -0.2) is 4.79 Å². The Bertz CT molecular complexity index is 840. The molecule has 0 aromatic heterocycles. The third-order valence-electron chi connectivity index (χ3n) is 4.17. The van der Waals surface area contributed by atoms with Gasteiger partial charge in [-0.05, 0) is 61.2 Å². The second kappa shape index (κ2) is 8.55. The Hall–Kier alpha value is -3.06. The topological polar surface area (TPSA) is 122 Å². The number of aryl methyl sites for hydroxylation is 3. The Morgan fingerprint density at radius 1 is 1.11 bits per heavy atom. The van der Waals surface area contributed by atoms with Crippen molar-refractivity contribution in [3.63, 3.8) is 0 Å². The number of carboxylic acids is 1. The molecule has 0 aliphatic carbocycles. The summed E-state index contributed by atoms with van der Waals surface area (Å²) in [7, 11) is 0. The number of aliphatic carboxylic acids is 1. The van der Waals surface area contributed by atoms with Crippen LogP contribution in [-0.2, 0) is 16.0 Å². The van der Waals surface area contributed by atoms with E-state index in [2.05, 4.69) is 5.32 Å². The van der Waals surface area contributed by atoms with Crippen molar-refractivity contribution >= 4 is 11.9 Å². The minimum absolute atomic E-state index is 0.140. The van der Waals surface area contributed by atoms with Gasteiger partial charge in [-0.1, -0.05) is 12.1 Å². The first-order chi connectivity index (χ1) is 12.7. The normalized spacial score (nSPS) is 11.7. The van der Waals surface area contributed by atoms with Crippen LogP contribution in [0.3, 0.4) is 0 Å². The first kappa shape index (κ1) is 20.3. The summed E-state index contributed by atoms with van der Waals surface area (Å²) >= 11 is 0. The van der Waals surface area contributed by atoms with E-state index in [0.29, 0.717) is 17.1 Å². The molecule has 2 rings (SSSR count). The van der Waals surface area contributed by atoms with Crippen molar-refractivity contribution in [2.24, 2.45) is 5.73 Å². The van der Waals surface area contributed by atoms with Gasteiger partial charge < -0.3 is 26.0 Å². The van der Waals surface area contributed by atoms with E-state index in [9.17, 15) is 19.8 Å². The zero-order valence-corrected chi connectivity index (χ0v) is 15.6. The lowest BCUT2D eigenvalue weighted by atomic mass is 10.00. The molecule has 1 atom stereocenters. The van der Waals surface area contributed by atoms with Crippen LogP contribution in [0.2, 0.25) is 0 Å². The van der Waals surface area contributed by atoms with Crippen LogP contribution in [0.5, 0.6) is 17.2 Å². The fraction of sp³-hybridized carbons (Fsp3) is 0.300. The lowest BCUT2D eigenvalue weighted by molar-refractivity contribution is -0.141. The second-order valence-electron chi connectivity index (χ2n) is 6.48. The van der Waals surface area contributed by atoms with Crippen molar-refractivity contribution < 1.29 is 24.5 Å². The molecule has 1 amide bonds. The van der Waals surface area contributed by atoms with E-state index in [1.54, 1.807) is 25.1 Å². The number of carbonyl (C=O) groups is 2. The van der Waals surface area contributed by atoms with Crippen LogP contribution in [0.25, 0.3) is 0 Å². The highest BCUT2D eigenvalue weighted by molar-refractivity contribution is 5.84. The minimum atomic E-state index is -1.12. The van der Waals surface area contributed by atoms with E-state index in [1.165, 1.54) is 0 Å². The predicted octanol–water partition coefficient (Wildman–Crippen LogP) is 2.18. The Morgan fingerprint density at radius 3 is 2.26 bits per heavy atom. The number of aromatic hydroxyl groups is 1. The van der Waals surface area contributed by atoms with Gasteiger partial charge in [-0.15, -0.1) is 0 Å². The molecule has 0 bridgehead atoms. The Morgan fingerprint density at radius 2 is 1.74 bits per heavy atom. The van der Waals surface area contributed by atoms with Crippen LogP contribution in [0, 0.1) is 20.8 Å². The molecule has 0 saturated heterocycles. The standard InChI is InChI=1S/C20H24N2O5/c1-11-8-15(4-5-17(11)23)27-19-12(2)6-14(7-13(19)3)9-16(20(25)26)22-18(24)10-21/h4-8,16,23H,9-10,21H2,1-3H3,(H,22,24)(H,25,26).